The lowest BCUT2D eigenvalue weighted by atomic mass is 9.47. The summed E-state index contributed by atoms with van der Waals surface area (Å²) in [5.74, 6) is 3.41. The average Bonchev–Trinajstić information content (AvgIpc) is 2.25. The van der Waals surface area contributed by atoms with E-state index in [1.54, 1.807) is 0 Å². The Hall–Kier alpha value is -0.990. The SMILES string of the molecule is C=C1CC(C23CC4CC(CC(C4)C2)C3)NC(=O)O1. The molecule has 3 heteroatoms. The zero-order valence-electron chi connectivity index (χ0n) is 10.8. The quantitative estimate of drug-likeness (QED) is 0.772. The number of amides is 1. The average molecular weight is 247 g/mol. The maximum atomic E-state index is 11.6. The van der Waals surface area contributed by atoms with E-state index in [0.29, 0.717) is 11.2 Å². The lowest BCUT2D eigenvalue weighted by Gasteiger charge is -2.59. The molecule has 1 amide bonds. The second kappa shape index (κ2) is 3.52. The number of hydrogen-bond acceptors (Lipinski definition) is 2. The van der Waals surface area contributed by atoms with Gasteiger partial charge in [0.1, 0.15) is 5.76 Å². The molecule has 1 unspecified atom stereocenters. The number of hydrogen-bond donors (Lipinski definition) is 1. The predicted molar refractivity (Wildman–Crippen MR) is 67.8 cm³/mol. The Kier molecular flexibility index (Phi) is 2.13. The molecule has 4 aliphatic carbocycles. The number of carbonyl (C=O) groups excluding carboxylic acids is 1. The van der Waals surface area contributed by atoms with Crippen molar-refractivity contribution in [2.24, 2.45) is 23.2 Å². The van der Waals surface area contributed by atoms with Gasteiger partial charge in [0.15, 0.2) is 0 Å². The summed E-state index contributed by atoms with van der Waals surface area (Å²) in [7, 11) is 0. The molecule has 98 valence electrons. The van der Waals surface area contributed by atoms with Crippen LogP contribution in [0.15, 0.2) is 12.3 Å². The maximum absolute atomic E-state index is 11.6. The molecule has 5 rings (SSSR count). The van der Waals surface area contributed by atoms with Gasteiger partial charge < -0.3 is 10.1 Å². The van der Waals surface area contributed by atoms with Crippen molar-refractivity contribution in [2.75, 3.05) is 0 Å². The molecule has 0 spiro atoms. The Balaban J connectivity index is 1.63. The minimum absolute atomic E-state index is 0.277. The summed E-state index contributed by atoms with van der Waals surface area (Å²) in [6.45, 7) is 3.86. The summed E-state index contributed by atoms with van der Waals surface area (Å²) in [5, 5.41) is 3.08. The Bertz CT molecular complexity index is 363. The number of nitrogens with one attached hydrogen (secondary N) is 1. The van der Waals surface area contributed by atoms with Crippen molar-refractivity contribution in [1.82, 2.24) is 5.32 Å². The van der Waals surface area contributed by atoms with Crippen LogP contribution in [0.2, 0.25) is 0 Å². The van der Waals surface area contributed by atoms with Crippen molar-refractivity contribution in [3.8, 4) is 0 Å². The van der Waals surface area contributed by atoms with Crippen LogP contribution in [0.1, 0.15) is 44.9 Å². The van der Waals surface area contributed by atoms with Crippen molar-refractivity contribution in [3.63, 3.8) is 0 Å². The van der Waals surface area contributed by atoms with E-state index in [1.807, 2.05) is 0 Å². The number of rotatable bonds is 1. The molecular formula is C15H21NO2. The first-order chi connectivity index (χ1) is 8.63. The van der Waals surface area contributed by atoms with E-state index in [1.165, 1.54) is 38.5 Å². The summed E-state index contributed by atoms with van der Waals surface area (Å²) in [5.41, 5.74) is 0.358. The molecule has 0 radical (unpaired) electrons. The first-order valence-electron chi connectivity index (χ1n) is 7.29. The van der Waals surface area contributed by atoms with E-state index in [0.717, 1.165) is 24.2 Å². The third kappa shape index (κ3) is 1.52. The highest BCUT2D eigenvalue weighted by molar-refractivity contribution is 5.70. The van der Waals surface area contributed by atoms with E-state index in [9.17, 15) is 4.79 Å². The fourth-order valence-electron chi connectivity index (χ4n) is 5.60. The third-order valence-electron chi connectivity index (χ3n) is 5.79. The maximum Gasteiger partial charge on any atom is 0.412 e. The monoisotopic (exact) mass is 247 g/mol. The highest BCUT2D eigenvalue weighted by atomic mass is 16.6. The van der Waals surface area contributed by atoms with Crippen molar-refractivity contribution in [3.05, 3.63) is 12.3 Å². The molecule has 5 aliphatic rings. The van der Waals surface area contributed by atoms with Gasteiger partial charge in [0, 0.05) is 12.5 Å². The predicted octanol–water partition coefficient (Wildman–Crippen LogP) is 3.22. The number of alkyl carbamates (subject to hydrolysis) is 1. The topological polar surface area (TPSA) is 38.3 Å². The van der Waals surface area contributed by atoms with E-state index < -0.39 is 0 Å². The second-order valence-corrected chi connectivity index (χ2v) is 7.11. The summed E-state index contributed by atoms with van der Waals surface area (Å²) in [4.78, 5) is 11.6. The van der Waals surface area contributed by atoms with Crippen LogP contribution in [0.4, 0.5) is 4.79 Å². The van der Waals surface area contributed by atoms with Crippen LogP contribution in [-0.4, -0.2) is 12.1 Å². The van der Waals surface area contributed by atoms with Gasteiger partial charge in [-0.1, -0.05) is 6.58 Å². The normalized spacial score (nSPS) is 50.0. The van der Waals surface area contributed by atoms with Crippen LogP contribution < -0.4 is 5.32 Å². The van der Waals surface area contributed by atoms with Crippen LogP contribution in [-0.2, 0) is 4.74 Å². The summed E-state index contributed by atoms with van der Waals surface area (Å²) in [6, 6.07) is 0.277. The largest absolute Gasteiger partial charge is 0.415 e. The number of cyclic esters (lactones) is 1. The van der Waals surface area contributed by atoms with E-state index >= 15 is 0 Å². The highest BCUT2D eigenvalue weighted by Gasteiger charge is 2.55. The molecule has 4 saturated carbocycles. The summed E-state index contributed by atoms with van der Waals surface area (Å²) >= 11 is 0. The van der Waals surface area contributed by atoms with Gasteiger partial charge in [-0.15, -0.1) is 0 Å². The number of carbonyl (C=O) groups is 1. The standard InChI is InChI=1S/C15H21NO2/c1-9-2-13(16-14(17)18-9)15-6-10-3-11(7-15)5-12(4-10)8-15/h10-13H,1-8H2,(H,16,17). The molecule has 4 bridgehead atoms. The molecule has 1 atom stereocenters. The fraction of sp³-hybridized carbons (Fsp3) is 0.800. The molecule has 0 aromatic rings. The molecule has 1 N–H and O–H groups in total. The smallest absolute Gasteiger partial charge is 0.412 e. The molecule has 18 heavy (non-hydrogen) atoms. The first-order valence-corrected chi connectivity index (χ1v) is 7.29. The zero-order valence-corrected chi connectivity index (χ0v) is 10.8. The van der Waals surface area contributed by atoms with Crippen molar-refractivity contribution in [1.29, 1.82) is 0 Å². The van der Waals surface area contributed by atoms with Gasteiger partial charge in [0.05, 0.1) is 0 Å². The minimum Gasteiger partial charge on any atom is -0.415 e. The molecule has 1 saturated heterocycles. The van der Waals surface area contributed by atoms with Crippen molar-refractivity contribution >= 4 is 6.09 Å². The van der Waals surface area contributed by atoms with Gasteiger partial charge >= 0.3 is 6.09 Å². The van der Waals surface area contributed by atoms with Gasteiger partial charge in [0.25, 0.3) is 0 Å². The molecular weight excluding hydrogens is 226 g/mol. The molecule has 3 nitrogen and oxygen atoms in total. The first kappa shape index (κ1) is 10.9. The summed E-state index contributed by atoms with van der Waals surface area (Å²) < 4.78 is 5.04. The highest BCUT2D eigenvalue weighted by Crippen LogP contribution is 2.62. The van der Waals surface area contributed by atoms with Crippen LogP contribution in [0.25, 0.3) is 0 Å². The number of ether oxygens (including phenoxy) is 1. The zero-order chi connectivity index (χ0) is 12.3. The van der Waals surface area contributed by atoms with Crippen molar-refractivity contribution < 1.29 is 9.53 Å². The second-order valence-electron chi connectivity index (χ2n) is 7.11. The van der Waals surface area contributed by atoms with E-state index in [-0.39, 0.29) is 12.1 Å². The summed E-state index contributed by atoms with van der Waals surface area (Å²) in [6.07, 6.45) is 8.81. The van der Waals surface area contributed by atoms with Crippen LogP contribution in [0.5, 0.6) is 0 Å². The molecule has 0 aromatic heterocycles. The van der Waals surface area contributed by atoms with Gasteiger partial charge in [-0.05, 0) is 61.7 Å². The van der Waals surface area contributed by atoms with Crippen LogP contribution in [0.3, 0.4) is 0 Å². The Morgan fingerprint density at radius 3 is 2.17 bits per heavy atom. The Morgan fingerprint density at radius 1 is 1.11 bits per heavy atom. The van der Waals surface area contributed by atoms with Gasteiger partial charge in [-0.25, -0.2) is 4.79 Å². The fourth-order valence-corrected chi connectivity index (χ4v) is 5.60. The van der Waals surface area contributed by atoms with E-state index in [4.69, 9.17) is 4.74 Å². The van der Waals surface area contributed by atoms with Gasteiger partial charge in [0.2, 0.25) is 0 Å². The van der Waals surface area contributed by atoms with Gasteiger partial charge in [-0.2, -0.15) is 0 Å². The Labute approximate surface area is 108 Å². The minimum atomic E-state index is -0.285. The van der Waals surface area contributed by atoms with Gasteiger partial charge in [-0.3, -0.25) is 0 Å². The molecule has 1 aliphatic heterocycles. The van der Waals surface area contributed by atoms with Crippen molar-refractivity contribution in [2.45, 2.75) is 51.0 Å². The molecule has 0 aromatic carbocycles. The van der Waals surface area contributed by atoms with E-state index in [2.05, 4.69) is 11.9 Å². The third-order valence-corrected chi connectivity index (χ3v) is 5.79. The molecule has 1 heterocycles. The lowest BCUT2D eigenvalue weighted by molar-refractivity contribution is -0.0773. The Morgan fingerprint density at radius 2 is 1.67 bits per heavy atom. The van der Waals surface area contributed by atoms with Crippen LogP contribution >= 0.6 is 0 Å². The van der Waals surface area contributed by atoms with Crippen LogP contribution in [0, 0.1) is 23.2 Å². The lowest BCUT2D eigenvalue weighted by Crippen LogP contribution is -2.58. The molecule has 5 fully saturated rings.